The van der Waals surface area contributed by atoms with Gasteiger partial charge in [0.05, 0.1) is 31.3 Å². The number of benzene rings is 1. The standard InChI is InChI=1S/C21H25BrN6O2S/c1-14(2)31-21-25-18(27-8-10-30-11-9-27)17-13-24-28(19(17)26-21)7-6-23-20(29)15-4-3-5-16(22)12-15/h3-5,12-14H,6-11H2,1-2H3,(H,23,29). The molecule has 0 saturated carbocycles. The van der Waals surface area contributed by atoms with E-state index < -0.39 is 0 Å². The molecule has 2 aromatic heterocycles. The van der Waals surface area contributed by atoms with Gasteiger partial charge in [0.2, 0.25) is 0 Å². The Hall–Kier alpha value is -2.17. The Morgan fingerprint density at radius 1 is 1.29 bits per heavy atom. The second kappa shape index (κ2) is 9.97. The Morgan fingerprint density at radius 2 is 2.10 bits per heavy atom. The molecule has 1 aliphatic heterocycles. The molecular weight excluding hydrogens is 480 g/mol. The molecule has 1 aromatic carbocycles. The molecule has 0 spiro atoms. The number of carbonyl (C=O) groups is 1. The number of carbonyl (C=O) groups excluding carboxylic acids is 1. The first-order chi connectivity index (χ1) is 15.0. The van der Waals surface area contributed by atoms with Crippen LogP contribution in [0.15, 0.2) is 40.1 Å². The van der Waals surface area contributed by atoms with E-state index in [1.807, 2.05) is 23.0 Å². The average molecular weight is 505 g/mol. The maximum absolute atomic E-state index is 12.4. The predicted molar refractivity (Wildman–Crippen MR) is 126 cm³/mol. The number of aromatic nitrogens is 4. The maximum Gasteiger partial charge on any atom is 0.251 e. The number of anilines is 1. The molecule has 1 N–H and O–H groups in total. The minimum absolute atomic E-state index is 0.113. The van der Waals surface area contributed by atoms with Crippen LogP contribution in [-0.4, -0.2) is 63.8 Å². The van der Waals surface area contributed by atoms with Crippen molar-refractivity contribution in [1.82, 2.24) is 25.1 Å². The third-order valence-corrected chi connectivity index (χ3v) is 6.16. The number of amides is 1. The second-order valence-electron chi connectivity index (χ2n) is 7.47. The molecule has 1 saturated heterocycles. The molecule has 0 atom stereocenters. The summed E-state index contributed by atoms with van der Waals surface area (Å²) in [5.74, 6) is 0.790. The number of nitrogens with zero attached hydrogens (tertiary/aromatic N) is 5. The van der Waals surface area contributed by atoms with Crippen LogP contribution in [0.3, 0.4) is 0 Å². The number of thioether (sulfide) groups is 1. The van der Waals surface area contributed by atoms with Gasteiger partial charge in [-0.25, -0.2) is 14.6 Å². The van der Waals surface area contributed by atoms with E-state index in [1.165, 1.54) is 0 Å². The monoisotopic (exact) mass is 504 g/mol. The number of nitrogens with one attached hydrogen (secondary N) is 1. The molecule has 164 valence electrons. The Labute approximate surface area is 193 Å². The van der Waals surface area contributed by atoms with E-state index >= 15 is 0 Å². The summed E-state index contributed by atoms with van der Waals surface area (Å²) in [5.41, 5.74) is 1.41. The molecule has 3 heterocycles. The highest BCUT2D eigenvalue weighted by atomic mass is 79.9. The summed E-state index contributed by atoms with van der Waals surface area (Å²) in [6.07, 6.45) is 1.82. The number of hydrogen-bond donors (Lipinski definition) is 1. The lowest BCUT2D eigenvalue weighted by Crippen LogP contribution is -2.37. The third kappa shape index (κ3) is 5.36. The van der Waals surface area contributed by atoms with Gasteiger partial charge in [0.25, 0.3) is 5.91 Å². The van der Waals surface area contributed by atoms with Crippen molar-refractivity contribution in [3.8, 4) is 0 Å². The van der Waals surface area contributed by atoms with E-state index in [2.05, 4.69) is 45.1 Å². The van der Waals surface area contributed by atoms with E-state index in [9.17, 15) is 4.79 Å². The normalized spacial score (nSPS) is 14.4. The number of hydrogen-bond acceptors (Lipinski definition) is 7. The van der Waals surface area contributed by atoms with Crippen molar-refractivity contribution in [2.24, 2.45) is 0 Å². The Balaban J connectivity index is 1.54. The van der Waals surface area contributed by atoms with Crippen LogP contribution in [-0.2, 0) is 11.3 Å². The highest BCUT2D eigenvalue weighted by molar-refractivity contribution is 9.10. The fourth-order valence-electron chi connectivity index (χ4n) is 3.37. The molecule has 0 aliphatic carbocycles. The zero-order valence-corrected chi connectivity index (χ0v) is 19.9. The van der Waals surface area contributed by atoms with Crippen molar-refractivity contribution < 1.29 is 9.53 Å². The van der Waals surface area contributed by atoms with Gasteiger partial charge in [-0.05, 0) is 18.2 Å². The highest BCUT2D eigenvalue weighted by Crippen LogP contribution is 2.29. The largest absolute Gasteiger partial charge is 0.378 e. The molecule has 3 aromatic rings. The molecule has 1 amide bonds. The molecular formula is C21H25BrN6O2S. The first-order valence-electron chi connectivity index (χ1n) is 10.3. The quantitative estimate of drug-likeness (QED) is 0.390. The summed E-state index contributed by atoms with van der Waals surface area (Å²) in [4.78, 5) is 24.3. The zero-order valence-electron chi connectivity index (χ0n) is 17.5. The molecule has 10 heteroatoms. The van der Waals surface area contributed by atoms with Crippen LogP contribution in [0.2, 0.25) is 0 Å². The van der Waals surface area contributed by atoms with Crippen molar-refractivity contribution in [1.29, 1.82) is 0 Å². The number of ether oxygens (including phenoxy) is 1. The maximum atomic E-state index is 12.4. The van der Waals surface area contributed by atoms with Crippen LogP contribution in [0.25, 0.3) is 11.0 Å². The van der Waals surface area contributed by atoms with E-state index in [0.717, 1.165) is 39.6 Å². The molecule has 31 heavy (non-hydrogen) atoms. The summed E-state index contributed by atoms with van der Waals surface area (Å²) in [7, 11) is 0. The summed E-state index contributed by atoms with van der Waals surface area (Å²) >= 11 is 5.03. The Kier molecular flexibility index (Phi) is 7.09. The topological polar surface area (TPSA) is 85.2 Å². The van der Waals surface area contributed by atoms with Crippen LogP contribution in [0, 0.1) is 0 Å². The van der Waals surface area contributed by atoms with Crippen LogP contribution in [0.4, 0.5) is 5.82 Å². The van der Waals surface area contributed by atoms with E-state index in [0.29, 0.717) is 37.1 Å². The van der Waals surface area contributed by atoms with Crippen molar-refractivity contribution in [3.05, 3.63) is 40.5 Å². The molecule has 1 fully saturated rings. The van der Waals surface area contributed by atoms with E-state index in [1.54, 1.807) is 23.9 Å². The first-order valence-corrected chi connectivity index (χ1v) is 11.9. The Bertz CT molecular complexity index is 1070. The fourth-order valence-corrected chi connectivity index (χ4v) is 4.47. The number of morpholine rings is 1. The van der Waals surface area contributed by atoms with Gasteiger partial charge >= 0.3 is 0 Å². The van der Waals surface area contributed by atoms with Crippen LogP contribution < -0.4 is 10.2 Å². The van der Waals surface area contributed by atoms with Crippen molar-refractivity contribution in [3.63, 3.8) is 0 Å². The lowest BCUT2D eigenvalue weighted by atomic mass is 10.2. The SMILES string of the molecule is CC(C)Sc1nc(N2CCOCC2)c2cnn(CCNC(=O)c3cccc(Br)c3)c2n1. The smallest absolute Gasteiger partial charge is 0.251 e. The van der Waals surface area contributed by atoms with Crippen LogP contribution in [0.5, 0.6) is 0 Å². The highest BCUT2D eigenvalue weighted by Gasteiger charge is 2.20. The summed E-state index contributed by atoms with van der Waals surface area (Å²) < 4.78 is 8.21. The van der Waals surface area contributed by atoms with Crippen molar-refractivity contribution >= 4 is 50.5 Å². The van der Waals surface area contributed by atoms with Crippen LogP contribution >= 0.6 is 27.7 Å². The third-order valence-electron chi connectivity index (χ3n) is 4.80. The molecule has 0 unspecified atom stereocenters. The number of rotatable bonds is 7. The number of fused-ring (bicyclic) bond motifs is 1. The zero-order chi connectivity index (χ0) is 21.8. The van der Waals surface area contributed by atoms with E-state index in [4.69, 9.17) is 14.7 Å². The minimum Gasteiger partial charge on any atom is -0.378 e. The van der Waals surface area contributed by atoms with Gasteiger partial charge in [0, 0.05) is 34.9 Å². The molecule has 8 nitrogen and oxygen atoms in total. The summed E-state index contributed by atoms with van der Waals surface area (Å²) in [6, 6.07) is 7.33. The van der Waals surface area contributed by atoms with Crippen molar-refractivity contribution in [2.75, 3.05) is 37.7 Å². The summed E-state index contributed by atoms with van der Waals surface area (Å²) in [5, 5.41) is 9.54. The fraction of sp³-hybridized carbons (Fsp3) is 0.429. The van der Waals surface area contributed by atoms with Gasteiger partial charge in [-0.2, -0.15) is 5.10 Å². The van der Waals surface area contributed by atoms with Gasteiger partial charge in [-0.3, -0.25) is 4.79 Å². The van der Waals surface area contributed by atoms with E-state index in [-0.39, 0.29) is 5.91 Å². The van der Waals surface area contributed by atoms with Gasteiger partial charge in [0.1, 0.15) is 5.82 Å². The predicted octanol–water partition coefficient (Wildman–Crippen LogP) is 3.36. The minimum atomic E-state index is -0.113. The summed E-state index contributed by atoms with van der Waals surface area (Å²) in [6.45, 7) is 8.20. The molecule has 4 rings (SSSR count). The molecule has 1 aliphatic rings. The van der Waals surface area contributed by atoms with Crippen molar-refractivity contribution in [2.45, 2.75) is 30.8 Å². The average Bonchev–Trinajstić information content (AvgIpc) is 3.16. The molecule has 0 radical (unpaired) electrons. The van der Waals surface area contributed by atoms with Gasteiger partial charge in [-0.15, -0.1) is 0 Å². The second-order valence-corrected chi connectivity index (χ2v) is 9.93. The van der Waals surface area contributed by atoms with Crippen LogP contribution in [0.1, 0.15) is 24.2 Å². The van der Waals surface area contributed by atoms with Gasteiger partial charge in [-0.1, -0.05) is 47.6 Å². The van der Waals surface area contributed by atoms with Gasteiger partial charge in [0.15, 0.2) is 10.8 Å². The molecule has 0 bridgehead atoms. The van der Waals surface area contributed by atoms with Gasteiger partial charge < -0.3 is 15.0 Å². The number of halogens is 1. The lowest BCUT2D eigenvalue weighted by Gasteiger charge is -2.28. The first kappa shape index (κ1) is 22.0. The lowest BCUT2D eigenvalue weighted by molar-refractivity contribution is 0.0952. The Morgan fingerprint density at radius 3 is 2.84 bits per heavy atom.